The minimum Gasteiger partial charge on any atom is -0.465 e. The molecule has 9 nitrogen and oxygen atoms in total. The molecular weight excluding hydrogens is 438 g/mol. The van der Waals surface area contributed by atoms with E-state index in [1.165, 1.54) is 49.6 Å². The highest BCUT2D eigenvalue weighted by Crippen LogP contribution is 2.32. The van der Waals surface area contributed by atoms with Gasteiger partial charge in [0.15, 0.2) is 0 Å². The quantitative estimate of drug-likeness (QED) is 0.186. The van der Waals surface area contributed by atoms with Crippen LogP contribution >= 0.6 is 11.6 Å². The number of nitro groups is 1. The van der Waals surface area contributed by atoms with Gasteiger partial charge in [0.05, 0.1) is 28.3 Å². The average molecular weight is 452 g/mol. The molecule has 1 N–H and O–H groups in total. The number of hydrogen-bond donors (Lipinski definition) is 1. The zero-order valence-electron chi connectivity index (χ0n) is 16.5. The van der Waals surface area contributed by atoms with Crippen molar-refractivity contribution in [2.75, 3.05) is 12.4 Å². The van der Waals surface area contributed by atoms with Gasteiger partial charge in [-0.05, 0) is 30.3 Å². The van der Waals surface area contributed by atoms with Gasteiger partial charge in [0, 0.05) is 23.8 Å². The third kappa shape index (κ3) is 4.83. The van der Waals surface area contributed by atoms with Crippen LogP contribution in [-0.4, -0.2) is 23.9 Å². The van der Waals surface area contributed by atoms with Crippen molar-refractivity contribution in [3.63, 3.8) is 0 Å². The number of furan rings is 1. The number of carbonyl (C=O) groups is 2. The summed E-state index contributed by atoms with van der Waals surface area (Å²) in [7, 11) is 1.22. The molecule has 2 aromatic carbocycles. The highest BCUT2D eigenvalue weighted by Gasteiger charge is 2.17. The summed E-state index contributed by atoms with van der Waals surface area (Å²) in [6.45, 7) is 0. The summed E-state index contributed by atoms with van der Waals surface area (Å²) in [5.41, 5.74) is 0.283. The molecule has 0 atom stereocenters. The number of ether oxygens (including phenoxy) is 1. The van der Waals surface area contributed by atoms with Crippen LogP contribution in [0.4, 0.5) is 11.4 Å². The number of anilines is 1. The zero-order valence-corrected chi connectivity index (χ0v) is 17.3. The predicted molar refractivity (Wildman–Crippen MR) is 116 cm³/mol. The van der Waals surface area contributed by atoms with Crippen LogP contribution < -0.4 is 5.32 Å². The van der Waals surface area contributed by atoms with Crippen molar-refractivity contribution in [3.8, 4) is 17.4 Å². The highest BCUT2D eigenvalue weighted by atomic mass is 35.5. The first kappa shape index (κ1) is 22.3. The minimum absolute atomic E-state index is 0.113. The Morgan fingerprint density at radius 3 is 2.62 bits per heavy atom. The molecule has 0 bridgehead atoms. The Labute approximate surface area is 186 Å². The van der Waals surface area contributed by atoms with Crippen LogP contribution in [0.5, 0.6) is 0 Å². The molecule has 3 aromatic rings. The molecule has 1 aromatic heterocycles. The summed E-state index contributed by atoms with van der Waals surface area (Å²) in [5.74, 6) is -0.915. The molecule has 10 heteroatoms. The fourth-order valence-corrected chi connectivity index (χ4v) is 3.02. The van der Waals surface area contributed by atoms with Crippen LogP contribution in [0, 0.1) is 21.4 Å². The van der Waals surface area contributed by atoms with Gasteiger partial charge in [-0.3, -0.25) is 14.9 Å². The number of rotatable bonds is 6. The lowest BCUT2D eigenvalue weighted by molar-refractivity contribution is -0.384. The second kappa shape index (κ2) is 9.59. The first-order valence-corrected chi connectivity index (χ1v) is 9.36. The average Bonchev–Trinajstić information content (AvgIpc) is 3.25. The smallest absolute Gasteiger partial charge is 0.339 e. The highest BCUT2D eigenvalue weighted by molar-refractivity contribution is 6.33. The summed E-state index contributed by atoms with van der Waals surface area (Å²) < 4.78 is 10.3. The van der Waals surface area contributed by atoms with Crippen molar-refractivity contribution in [3.05, 3.63) is 86.6 Å². The van der Waals surface area contributed by atoms with Crippen molar-refractivity contribution in [2.24, 2.45) is 0 Å². The van der Waals surface area contributed by atoms with Crippen LogP contribution in [0.2, 0.25) is 5.02 Å². The zero-order chi connectivity index (χ0) is 23.3. The van der Waals surface area contributed by atoms with E-state index in [4.69, 9.17) is 16.0 Å². The first-order valence-electron chi connectivity index (χ1n) is 8.98. The molecule has 32 heavy (non-hydrogen) atoms. The molecule has 0 spiro atoms. The number of halogens is 1. The van der Waals surface area contributed by atoms with Gasteiger partial charge < -0.3 is 14.5 Å². The van der Waals surface area contributed by atoms with Crippen LogP contribution in [0.1, 0.15) is 16.1 Å². The molecule has 0 aliphatic rings. The molecule has 0 aliphatic carbocycles. The lowest BCUT2D eigenvalue weighted by Gasteiger charge is -2.08. The number of hydrogen-bond acceptors (Lipinski definition) is 7. The second-order valence-corrected chi connectivity index (χ2v) is 6.69. The number of nitrogens with zero attached hydrogens (tertiary/aromatic N) is 2. The first-order chi connectivity index (χ1) is 15.3. The molecule has 0 unspecified atom stereocenters. The standard InChI is InChI=1S/C22H14ClN3O6/c1-31-22(28)17-4-2-3-5-19(17)25-21(27)13(12-24)10-15-7-9-20(32-15)16-8-6-14(26(29)30)11-18(16)23/h2-11H,1H3,(H,25,27)/b13-10+. The normalized spacial score (nSPS) is 10.8. The van der Waals surface area contributed by atoms with E-state index in [0.717, 1.165) is 0 Å². The van der Waals surface area contributed by atoms with Gasteiger partial charge in [-0.15, -0.1) is 0 Å². The Morgan fingerprint density at radius 2 is 1.97 bits per heavy atom. The molecule has 0 aliphatic heterocycles. The summed E-state index contributed by atoms with van der Waals surface area (Å²) >= 11 is 6.11. The van der Waals surface area contributed by atoms with Crippen molar-refractivity contribution >= 4 is 40.9 Å². The summed E-state index contributed by atoms with van der Waals surface area (Å²) in [6, 6.07) is 15.0. The van der Waals surface area contributed by atoms with E-state index in [2.05, 4.69) is 10.1 Å². The Morgan fingerprint density at radius 1 is 1.22 bits per heavy atom. The SMILES string of the molecule is COC(=O)c1ccccc1NC(=O)/C(C#N)=C/c1ccc(-c2ccc([N+](=O)[O-])cc2Cl)o1. The Balaban J connectivity index is 1.85. The third-order valence-corrected chi connectivity index (χ3v) is 4.60. The van der Waals surface area contributed by atoms with E-state index in [0.29, 0.717) is 11.3 Å². The fourth-order valence-electron chi connectivity index (χ4n) is 2.75. The number of nitrogens with one attached hydrogen (secondary N) is 1. The Hall–Kier alpha value is -4.42. The van der Waals surface area contributed by atoms with Crippen LogP contribution in [0.15, 0.2) is 64.6 Å². The van der Waals surface area contributed by atoms with Gasteiger partial charge in [-0.25, -0.2) is 4.79 Å². The van der Waals surface area contributed by atoms with E-state index in [9.17, 15) is 25.0 Å². The van der Waals surface area contributed by atoms with E-state index < -0.39 is 16.8 Å². The predicted octanol–water partition coefficient (Wildman–Crippen LogP) is 4.84. The maximum atomic E-state index is 12.6. The molecule has 1 heterocycles. The number of benzene rings is 2. The molecule has 1 amide bonds. The van der Waals surface area contributed by atoms with Crippen molar-refractivity contribution < 1.29 is 23.7 Å². The number of non-ortho nitro benzene ring substituents is 1. The largest absolute Gasteiger partial charge is 0.465 e. The molecular formula is C22H14ClN3O6. The van der Waals surface area contributed by atoms with Gasteiger partial charge in [0.25, 0.3) is 11.6 Å². The van der Waals surface area contributed by atoms with E-state index >= 15 is 0 Å². The maximum absolute atomic E-state index is 12.6. The van der Waals surface area contributed by atoms with Gasteiger partial charge in [0.1, 0.15) is 23.2 Å². The number of amides is 1. The number of esters is 1. The van der Waals surface area contributed by atoms with Gasteiger partial charge >= 0.3 is 5.97 Å². The maximum Gasteiger partial charge on any atom is 0.339 e. The molecule has 0 fully saturated rings. The minimum atomic E-state index is -0.754. The number of methoxy groups -OCH3 is 1. The topological polar surface area (TPSA) is 135 Å². The number of nitriles is 1. The Kier molecular flexibility index (Phi) is 6.68. The lowest BCUT2D eigenvalue weighted by atomic mass is 10.1. The summed E-state index contributed by atoms with van der Waals surface area (Å²) in [6.07, 6.45) is 1.22. The van der Waals surface area contributed by atoms with E-state index in [-0.39, 0.29) is 33.3 Å². The summed E-state index contributed by atoms with van der Waals surface area (Å²) in [4.78, 5) is 34.7. The molecule has 0 saturated heterocycles. The lowest BCUT2D eigenvalue weighted by Crippen LogP contribution is -2.16. The second-order valence-electron chi connectivity index (χ2n) is 6.28. The van der Waals surface area contributed by atoms with Gasteiger partial charge in [0.2, 0.25) is 0 Å². The van der Waals surface area contributed by atoms with Crippen molar-refractivity contribution in [1.82, 2.24) is 0 Å². The van der Waals surface area contributed by atoms with Crippen LogP contribution in [0.25, 0.3) is 17.4 Å². The van der Waals surface area contributed by atoms with Gasteiger partial charge in [-0.1, -0.05) is 23.7 Å². The van der Waals surface area contributed by atoms with Crippen molar-refractivity contribution in [2.45, 2.75) is 0 Å². The van der Waals surface area contributed by atoms with Crippen LogP contribution in [0.3, 0.4) is 0 Å². The van der Waals surface area contributed by atoms with Crippen LogP contribution in [-0.2, 0) is 9.53 Å². The van der Waals surface area contributed by atoms with Gasteiger partial charge in [-0.2, -0.15) is 5.26 Å². The number of nitro benzene ring substituents is 1. The molecule has 0 saturated carbocycles. The fraction of sp³-hybridized carbons (Fsp3) is 0.0455. The molecule has 160 valence electrons. The van der Waals surface area contributed by atoms with E-state index in [1.807, 2.05) is 0 Å². The Bertz CT molecular complexity index is 1290. The monoisotopic (exact) mass is 451 g/mol. The molecule has 3 rings (SSSR count). The van der Waals surface area contributed by atoms with Crippen molar-refractivity contribution in [1.29, 1.82) is 5.26 Å². The van der Waals surface area contributed by atoms with E-state index in [1.54, 1.807) is 24.3 Å². The third-order valence-electron chi connectivity index (χ3n) is 4.29. The number of para-hydroxylation sites is 1. The molecule has 0 radical (unpaired) electrons. The summed E-state index contributed by atoms with van der Waals surface area (Å²) in [5, 5.41) is 22.9. The number of carbonyl (C=O) groups excluding carboxylic acids is 2.